The summed E-state index contributed by atoms with van der Waals surface area (Å²) in [7, 11) is 0. The molecule has 0 heterocycles. The molecule has 90 valence electrons. The average Bonchev–Trinajstić information content (AvgIpc) is 2.31. The van der Waals surface area contributed by atoms with Gasteiger partial charge < -0.3 is 15.6 Å². The van der Waals surface area contributed by atoms with Crippen molar-refractivity contribution in [2.24, 2.45) is 11.7 Å². The lowest BCUT2D eigenvalue weighted by Crippen LogP contribution is -2.21. The highest BCUT2D eigenvalue weighted by Gasteiger charge is 2.20. The lowest BCUT2D eigenvalue weighted by molar-refractivity contribution is 0.106. The van der Waals surface area contributed by atoms with Gasteiger partial charge >= 0.3 is 0 Å². The standard InChI is InChI=1S/C13H21NO2/c1-3-10(9-14)13(15)11-7-5-6-8-12(11)16-4-2/h5-8,10,13,15H,3-4,9,14H2,1-2H3. The molecule has 0 saturated carbocycles. The maximum atomic E-state index is 10.2. The molecule has 0 amide bonds. The Morgan fingerprint density at radius 1 is 1.31 bits per heavy atom. The summed E-state index contributed by atoms with van der Waals surface area (Å²) in [6.07, 6.45) is 0.316. The summed E-state index contributed by atoms with van der Waals surface area (Å²) in [5.41, 5.74) is 6.48. The van der Waals surface area contributed by atoms with Crippen molar-refractivity contribution in [1.82, 2.24) is 0 Å². The number of aliphatic hydroxyl groups is 1. The van der Waals surface area contributed by atoms with Crippen molar-refractivity contribution >= 4 is 0 Å². The minimum atomic E-state index is -0.544. The van der Waals surface area contributed by atoms with E-state index in [1.54, 1.807) is 0 Å². The Kier molecular flexibility index (Phi) is 5.29. The van der Waals surface area contributed by atoms with E-state index in [1.807, 2.05) is 38.1 Å². The van der Waals surface area contributed by atoms with E-state index in [9.17, 15) is 5.11 Å². The number of benzene rings is 1. The highest BCUT2D eigenvalue weighted by molar-refractivity contribution is 5.35. The first kappa shape index (κ1) is 13.0. The molecule has 3 N–H and O–H groups in total. The molecule has 1 aromatic rings. The number of hydrogen-bond donors (Lipinski definition) is 2. The van der Waals surface area contributed by atoms with Crippen molar-refractivity contribution < 1.29 is 9.84 Å². The number of aliphatic hydroxyl groups excluding tert-OH is 1. The minimum absolute atomic E-state index is 0.0848. The van der Waals surface area contributed by atoms with Gasteiger partial charge in [-0.05, 0) is 26.0 Å². The highest BCUT2D eigenvalue weighted by atomic mass is 16.5. The van der Waals surface area contributed by atoms with Crippen molar-refractivity contribution in [2.45, 2.75) is 26.4 Å². The first-order valence-corrected chi connectivity index (χ1v) is 5.84. The van der Waals surface area contributed by atoms with E-state index in [0.29, 0.717) is 13.2 Å². The van der Waals surface area contributed by atoms with Crippen LogP contribution in [0.15, 0.2) is 24.3 Å². The third kappa shape index (κ3) is 2.97. The van der Waals surface area contributed by atoms with Gasteiger partial charge in [-0.1, -0.05) is 25.1 Å². The largest absolute Gasteiger partial charge is 0.493 e. The molecule has 2 atom stereocenters. The van der Waals surface area contributed by atoms with E-state index in [-0.39, 0.29) is 5.92 Å². The second kappa shape index (κ2) is 6.51. The van der Waals surface area contributed by atoms with Crippen LogP contribution < -0.4 is 10.5 Å². The van der Waals surface area contributed by atoms with Crippen LogP contribution in [0.5, 0.6) is 5.75 Å². The molecule has 3 heteroatoms. The predicted molar refractivity (Wildman–Crippen MR) is 65.4 cm³/mol. The van der Waals surface area contributed by atoms with Crippen LogP contribution in [0.1, 0.15) is 31.9 Å². The quantitative estimate of drug-likeness (QED) is 0.776. The molecule has 0 aromatic heterocycles. The van der Waals surface area contributed by atoms with E-state index < -0.39 is 6.10 Å². The Hall–Kier alpha value is -1.06. The number of rotatable bonds is 6. The van der Waals surface area contributed by atoms with Crippen LogP contribution in [-0.4, -0.2) is 18.3 Å². The summed E-state index contributed by atoms with van der Waals surface area (Å²) >= 11 is 0. The first-order chi connectivity index (χ1) is 7.74. The van der Waals surface area contributed by atoms with Gasteiger partial charge in [0.25, 0.3) is 0 Å². The zero-order chi connectivity index (χ0) is 12.0. The third-order valence-electron chi connectivity index (χ3n) is 2.81. The van der Waals surface area contributed by atoms with Gasteiger partial charge in [0.1, 0.15) is 5.75 Å². The Labute approximate surface area is 97.2 Å². The molecule has 0 bridgehead atoms. The topological polar surface area (TPSA) is 55.5 Å². The Morgan fingerprint density at radius 3 is 2.56 bits per heavy atom. The highest BCUT2D eigenvalue weighted by Crippen LogP contribution is 2.31. The van der Waals surface area contributed by atoms with Gasteiger partial charge in [0.05, 0.1) is 12.7 Å². The lowest BCUT2D eigenvalue weighted by atomic mass is 9.93. The summed E-state index contributed by atoms with van der Waals surface area (Å²) in [4.78, 5) is 0. The smallest absolute Gasteiger partial charge is 0.125 e. The van der Waals surface area contributed by atoms with E-state index in [2.05, 4.69) is 0 Å². The van der Waals surface area contributed by atoms with Gasteiger partial charge in [0, 0.05) is 11.5 Å². The fourth-order valence-corrected chi connectivity index (χ4v) is 1.78. The maximum Gasteiger partial charge on any atom is 0.125 e. The number of hydrogen-bond acceptors (Lipinski definition) is 3. The molecule has 1 rings (SSSR count). The minimum Gasteiger partial charge on any atom is -0.493 e. The van der Waals surface area contributed by atoms with E-state index >= 15 is 0 Å². The average molecular weight is 223 g/mol. The zero-order valence-electron chi connectivity index (χ0n) is 10.0. The Bertz CT molecular complexity index is 311. The van der Waals surface area contributed by atoms with Gasteiger partial charge in [0.15, 0.2) is 0 Å². The molecular weight excluding hydrogens is 202 g/mol. The zero-order valence-corrected chi connectivity index (χ0v) is 10.0. The monoisotopic (exact) mass is 223 g/mol. The van der Waals surface area contributed by atoms with Gasteiger partial charge in [-0.25, -0.2) is 0 Å². The number of nitrogens with two attached hydrogens (primary N) is 1. The molecule has 0 aliphatic rings. The number of para-hydroxylation sites is 1. The van der Waals surface area contributed by atoms with E-state index in [0.717, 1.165) is 17.7 Å². The molecule has 3 nitrogen and oxygen atoms in total. The van der Waals surface area contributed by atoms with Crippen LogP contribution in [0.25, 0.3) is 0 Å². The predicted octanol–water partition coefficient (Wildman–Crippen LogP) is 2.10. The van der Waals surface area contributed by atoms with Crippen LogP contribution in [0, 0.1) is 5.92 Å². The normalized spacial score (nSPS) is 14.5. The van der Waals surface area contributed by atoms with Crippen LogP contribution in [0.3, 0.4) is 0 Å². The van der Waals surface area contributed by atoms with Crippen molar-refractivity contribution in [3.63, 3.8) is 0 Å². The molecule has 0 aliphatic heterocycles. The van der Waals surface area contributed by atoms with E-state index in [4.69, 9.17) is 10.5 Å². The van der Waals surface area contributed by atoms with Gasteiger partial charge in [-0.15, -0.1) is 0 Å². The summed E-state index contributed by atoms with van der Waals surface area (Å²) < 4.78 is 5.50. The van der Waals surface area contributed by atoms with Crippen LogP contribution in [0.4, 0.5) is 0 Å². The molecule has 16 heavy (non-hydrogen) atoms. The summed E-state index contributed by atoms with van der Waals surface area (Å²) in [6.45, 7) is 5.05. The van der Waals surface area contributed by atoms with Crippen LogP contribution >= 0.6 is 0 Å². The van der Waals surface area contributed by atoms with Crippen molar-refractivity contribution in [1.29, 1.82) is 0 Å². The molecule has 2 unspecified atom stereocenters. The Morgan fingerprint density at radius 2 is 2.00 bits per heavy atom. The SMILES string of the molecule is CCOc1ccccc1C(O)C(CC)CN. The van der Waals surface area contributed by atoms with Crippen molar-refractivity contribution in [3.05, 3.63) is 29.8 Å². The Balaban J connectivity index is 2.92. The van der Waals surface area contributed by atoms with Gasteiger partial charge in [-0.2, -0.15) is 0 Å². The summed E-state index contributed by atoms with van der Waals surface area (Å²) in [5, 5.41) is 10.2. The molecular formula is C13H21NO2. The van der Waals surface area contributed by atoms with Crippen LogP contribution in [-0.2, 0) is 0 Å². The molecule has 1 aromatic carbocycles. The second-order valence-corrected chi connectivity index (χ2v) is 3.82. The fraction of sp³-hybridized carbons (Fsp3) is 0.538. The maximum absolute atomic E-state index is 10.2. The fourth-order valence-electron chi connectivity index (χ4n) is 1.78. The number of ether oxygens (including phenoxy) is 1. The molecule has 0 fully saturated rings. The van der Waals surface area contributed by atoms with Gasteiger partial charge in [-0.3, -0.25) is 0 Å². The van der Waals surface area contributed by atoms with E-state index in [1.165, 1.54) is 0 Å². The molecule has 0 aliphatic carbocycles. The summed E-state index contributed by atoms with van der Waals surface area (Å²) in [6, 6.07) is 7.59. The summed E-state index contributed by atoms with van der Waals surface area (Å²) in [5.74, 6) is 0.839. The second-order valence-electron chi connectivity index (χ2n) is 3.82. The lowest BCUT2D eigenvalue weighted by Gasteiger charge is -2.22. The molecule has 0 radical (unpaired) electrons. The van der Waals surface area contributed by atoms with Crippen molar-refractivity contribution in [3.8, 4) is 5.75 Å². The first-order valence-electron chi connectivity index (χ1n) is 5.84. The molecule has 0 spiro atoms. The van der Waals surface area contributed by atoms with Crippen molar-refractivity contribution in [2.75, 3.05) is 13.2 Å². The third-order valence-corrected chi connectivity index (χ3v) is 2.81. The molecule has 0 saturated heterocycles. The van der Waals surface area contributed by atoms with Crippen LogP contribution in [0.2, 0.25) is 0 Å². The van der Waals surface area contributed by atoms with Gasteiger partial charge in [0.2, 0.25) is 0 Å².